The molecule has 0 spiro atoms. The first-order chi connectivity index (χ1) is 10.4. The number of carbonyl (C=O) groups is 1. The molecular weight excluding hydrogens is 278 g/mol. The first-order valence-corrected chi connectivity index (χ1v) is 7.80. The number of nitrogens with one attached hydrogen (secondary N) is 1. The molecule has 1 fully saturated rings. The van der Waals surface area contributed by atoms with Gasteiger partial charge in [-0.1, -0.05) is 0 Å². The number of rotatable bonds is 2. The number of amides is 1. The van der Waals surface area contributed by atoms with Gasteiger partial charge < -0.3 is 14.6 Å². The molecule has 2 aromatic rings. The summed E-state index contributed by atoms with van der Waals surface area (Å²) >= 11 is 0. The molecule has 5 nitrogen and oxygen atoms in total. The zero-order valence-corrected chi connectivity index (χ0v) is 13.4. The number of aromatic nitrogens is 2. The third-order valence-electron chi connectivity index (χ3n) is 4.02. The van der Waals surface area contributed by atoms with Gasteiger partial charge in [-0.3, -0.25) is 4.98 Å². The summed E-state index contributed by atoms with van der Waals surface area (Å²) in [5.74, 6) is 0.486. The van der Waals surface area contributed by atoms with Gasteiger partial charge in [-0.15, -0.1) is 0 Å². The topological polar surface area (TPSA) is 58.2 Å². The lowest BCUT2D eigenvalue weighted by molar-refractivity contribution is 0.0288. The minimum Gasteiger partial charge on any atom is -0.444 e. The molecule has 118 valence electrons. The summed E-state index contributed by atoms with van der Waals surface area (Å²) in [6.45, 7) is 7.26. The highest BCUT2D eigenvalue weighted by molar-refractivity contribution is 5.82. The molecule has 3 heterocycles. The minimum atomic E-state index is -0.432. The number of hydrogen-bond acceptors (Lipinski definition) is 3. The fraction of sp³-hybridized carbons (Fsp3) is 0.529. The van der Waals surface area contributed by atoms with Crippen molar-refractivity contribution >= 4 is 17.0 Å². The van der Waals surface area contributed by atoms with E-state index >= 15 is 0 Å². The fourth-order valence-corrected chi connectivity index (χ4v) is 3.00. The molecule has 1 saturated heterocycles. The van der Waals surface area contributed by atoms with Gasteiger partial charge in [-0.2, -0.15) is 0 Å². The maximum Gasteiger partial charge on any atom is 0.410 e. The van der Waals surface area contributed by atoms with Crippen molar-refractivity contribution in [1.82, 2.24) is 14.9 Å². The van der Waals surface area contributed by atoms with Crippen molar-refractivity contribution in [1.29, 1.82) is 0 Å². The molecule has 3 rings (SSSR count). The number of H-pyrrole nitrogens is 1. The van der Waals surface area contributed by atoms with Crippen LogP contribution in [-0.4, -0.2) is 39.7 Å². The number of fused-ring (bicyclic) bond motifs is 1. The van der Waals surface area contributed by atoms with Crippen LogP contribution in [0.15, 0.2) is 24.7 Å². The van der Waals surface area contributed by atoms with Crippen molar-refractivity contribution in [3.8, 4) is 0 Å². The van der Waals surface area contributed by atoms with E-state index in [0.717, 1.165) is 31.4 Å². The highest BCUT2D eigenvalue weighted by Gasteiger charge is 2.30. The SMILES string of the molecule is CC(C)(C)OC(=O)N1CCC(Cc2c[nH]c3cnccc23)C1. The minimum absolute atomic E-state index is 0.196. The van der Waals surface area contributed by atoms with Gasteiger partial charge in [0.2, 0.25) is 0 Å². The van der Waals surface area contributed by atoms with Crippen molar-refractivity contribution in [2.75, 3.05) is 13.1 Å². The maximum absolute atomic E-state index is 12.1. The van der Waals surface area contributed by atoms with Crippen LogP contribution in [0.5, 0.6) is 0 Å². The highest BCUT2D eigenvalue weighted by atomic mass is 16.6. The Morgan fingerprint density at radius 1 is 1.50 bits per heavy atom. The Morgan fingerprint density at radius 2 is 2.32 bits per heavy atom. The van der Waals surface area contributed by atoms with Gasteiger partial charge in [0, 0.05) is 30.9 Å². The Kier molecular flexibility index (Phi) is 3.81. The zero-order chi connectivity index (χ0) is 15.7. The standard InChI is InChI=1S/C17H23N3O2/c1-17(2,3)22-16(21)20-7-5-12(11-20)8-13-9-19-15-10-18-6-4-14(13)15/h4,6,9-10,12,19H,5,7-8,11H2,1-3H3. The summed E-state index contributed by atoms with van der Waals surface area (Å²) in [5.41, 5.74) is 1.94. The summed E-state index contributed by atoms with van der Waals surface area (Å²) in [4.78, 5) is 21.3. The molecule has 0 aliphatic carbocycles. The third kappa shape index (κ3) is 3.24. The summed E-state index contributed by atoms with van der Waals surface area (Å²) in [7, 11) is 0. The van der Waals surface area contributed by atoms with E-state index in [2.05, 4.69) is 16.2 Å². The summed E-state index contributed by atoms with van der Waals surface area (Å²) in [5, 5.41) is 1.23. The average Bonchev–Trinajstić information content (AvgIpc) is 3.05. The summed E-state index contributed by atoms with van der Waals surface area (Å²) in [6, 6.07) is 2.04. The van der Waals surface area contributed by atoms with Crippen LogP contribution >= 0.6 is 0 Å². The molecule has 1 aliphatic heterocycles. The van der Waals surface area contributed by atoms with Crippen molar-refractivity contribution in [2.45, 2.75) is 39.2 Å². The number of pyridine rings is 1. The molecule has 22 heavy (non-hydrogen) atoms. The number of carbonyl (C=O) groups excluding carboxylic acids is 1. The Bertz CT molecular complexity index is 672. The van der Waals surface area contributed by atoms with Crippen molar-refractivity contribution in [3.63, 3.8) is 0 Å². The van der Waals surface area contributed by atoms with Crippen LogP contribution < -0.4 is 0 Å². The lowest BCUT2D eigenvalue weighted by Crippen LogP contribution is -2.35. The summed E-state index contributed by atoms with van der Waals surface area (Å²) in [6.07, 6.45) is 7.53. The highest BCUT2D eigenvalue weighted by Crippen LogP contribution is 2.26. The quantitative estimate of drug-likeness (QED) is 0.925. The number of aromatic amines is 1. The second-order valence-electron chi connectivity index (χ2n) is 7.02. The Labute approximate surface area is 130 Å². The smallest absolute Gasteiger partial charge is 0.410 e. The van der Waals surface area contributed by atoms with Crippen LogP contribution in [0, 0.1) is 5.92 Å². The van der Waals surface area contributed by atoms with E-state index in [1.54, 1.807) is 0 Å². The lowest BCUT2D eigenvalue weighted by atomic mass is 9.99. The number of hydrogen-bond donors (Lipinski definition) is 1. The molecule has 0 saturated carbocycles. The van der Waals surface area contributed by atoms with E-state index in [0.29, 0.717) is 5.92 Å². The first-order valence-electron chi connectivity index (χ1n) is 7.80. The zero-order valence-electron chi connectivity index (χ0n) is 13.4. The number of nitrogens with zero attached hydrogens (tertiary/aromatic N) is 2. The molecule has 5 heteroatoms. The van der Waals surface area contributed by atoms with Crippen molar-refractivity contribution in [2.24, 2.45) is 5.92 Å². The second kappa shape index (κ2) is 5.63. The van der Waals surface area contributed by atoms with Crippen LogP contribution in [0.3, 0.4) is 0 Å². The second-order valence-corrected chi connectivity index (χ2v) is 7.02. The van der Waals surface area contributed by atoms with Gasteiger partial charge in [-0.25, -0.2) is 4.79 Å². The predicted octanol–water partition coefficient (Wildman–Crippen LogP) is 3.36. The fourth-order valence-electron chi connectivity index (χ4n) is 3.00. The van der Waals surface area contributed by atoms with Gasteiger partial charge in [-0.05, 0) is 51.2 Å². The monoisotopic (exact) mass is 301 g/mol. The molecule has 1 unspecified atom stereocenters. The van der Waals surface area contributed by atoms with E-state index in [-0.39, 0.29) is 6.09 Å². The normalized spacial score (nSPS) is 18.9. The molecule has 0 aromatic carbocycles. The van der Waals surface area contributed by atoms with Gasteiger partial charge >= 0.3 is 6.09 Å². The third-order valence-corrected chi connectivity index (χ3v) is 4.02. The molecule has 1 amide bonds. The molecule has 2 aromatic heterocycles. The van der Waals surface area contributed by atoms with Gasteiger partial charge in [0.15, 0.2) is 0 Å². The Balaban J connectivity index is 1.63. The maximum atomic E-state index is 12.1. The van der Waals surface area contributed by atoms with Crippen LogP contribution in [0.1, 0.15) is 32.8 Å². The van der Waals surface area contributed by atoms with E-state index in [4.69, 9.17) is 4.74 Å². The van der Waals surface area contributed by atoms with Gasteiger partial charge in [0.25, 0.3) is 0 Å². The van der Waals surface area contributed by atoms with Gasteiger partial charge in [0.05, 0.1) is 11.7 Å². The van der Waals surface area contributed by atoms with Crippen LogP contribution in [-0.2, 0) is 11.2 Å². The van der Waals surface area contributed by atoms with E-state index < -0.39 is 5.60 Å². The molecule has 0 bridgehead atoms. The Morgan fingerprint density at radius 3 is 3.09 bits per heavy atom. The summed E-state index contributed by atoms with van der Waals surface area (Å²) < 4.78 is 5.45. The number of ether oxygens (including phenoxy) is 1. The first kappa shape index (κ1) is 14.9. The van der Waals surface area contributed by atoms with Gasteiger partial charge in [0.1, 0.15) is 5.60 Å². The predicted molar refractivity (Wildman–Crippen MR) is 85.7 cm³/mol. The van der Waals surface area contributed by atoms with Crippen LogP contribution in [0.2, 0.25) is 0 Å². The van der Waals surface area contributed by atoms with Crippen LogP contribution in [0.25, 0.3) is 10.9 Å². The van der Waals surface area contributed by atoms with Crippen LogP contribution in [0.4, 0.5) is 4.79 Å². The van der Waals surface area contributed by atoms with E-state index in [1.807, 2.05) is 44.1 Å². The average molecular weight is 301 g/mol. The number of likely N-dealkylation sites (tertiary alicyclic amines) is 1. The molecule has 1 atom stereocenters. The van der Waals surface area contributed by atoms with Crippen molar-refractivity contribution in [3.05, 3.63) is 30.2 Å². The molecule has 1 N–H and O–H groups in total. The van der Waals surface area contributed by atoms with Crippen molar-refractivity contribution < 1.29 is 9.53 Å². The Hall–Kier alpha value is -2.04. The van der Waals surface area contributed by atoms with E-state index in [9.17, 15) is 4.79 Å². The molecule has 0 radical (unpaired) electrons. The molecular formula is C17H23N3O2. The van der Waals surface area contributed by atoms with E-state index in [1.165, 1.54) is 10.9 Å². The molecule has 1 aliphatic rings. The lowest BCUT2D eigenvalue weighted by Gasteiger charge is -2.24. The largest absolute Gasteiger partial charge is 0.444 e.